The molecule has 1 fully saturated rings. The fraction of sp³-hybridized carbons (Fsp3) is 0.688. The molecule has 0 unspecified atom stereocenters. The molecule has 0 radical (unpaired) electrons. The van der Waals surface area contributed by atoms with Crippen LogP contribution < -0.4 is 11.2 Å². The molecule has 0 aromatic carbocycles. The molecule has 0 aromatic rings. The second kappa shape index (κ2) is 8.22. The molecule has 3 N–H and O–H groups in total. The summed E-state index contributed by atoms with van der Waals surface area (Å²) in [6, 6.07) is 0. The van der Waals surface area contributed by atoms with Gasteiger partial charge in [-0.05, 0) is 29.4 Å². The highest BCUT2D eigenvalue weighted by molar-refractivity contribution is 5.81. The van der Waals surface area contributed by atoms with E-state index >= 15 is 0 Å². The summed E-state index contributed by atoms with van der Waals surface area (Å²) in [5, 5.41) is 4.91. The van der Waals surface area contributed by atoms with Crippen LogP contribution >= 0.6 is 0 Å². The van der Waals surface area contributed by atoms with E-state index in [9.17, 15) is 4.79 Å². The number of carbonyl (C=O) groups is 1. The molecular formula is C16H29N3O. The van der Waals surface area contributed by atoms with Gasteiger partial charge in [0.15, 0.2) is 0 Å². The van der Waals surface area contributed by atoms with E-state index in [2.05, 4.69) is 32.7 Å². The summed E-state index contributed by atoms with van der Waals surface area (Å²) >= 11 is 0. The number of nitrogens with two attached hydrogens (primary N) is 1. The predicted molar refractivity (Wildman–Crippen MR) is 83.8 cm³/mol. The number of nitrogens with zero attached hydrogens (tertiary/aromatic N) is 1. The monoisotopic (exact) mass is 279 g/mol. The Hall–Kier alpha value is -1.13. The van der Waals surface area contributed by atoms with Gasteiger partial charge in [-0.3, -0.25) is 4.79 Å². The maximum atomic E-state index is 11.8. The van der Waals surface area contributed by atoms with Gasteiger partial charge in [0, 0.05) is 25.7 Å². The Bertz CT molecular complexity index is 374. The smallest absolute Gasteiger partial charge is 0.147 e. The van der Waals surface area contributed by atoms with Crippen LogP contribution in [0.3, 0.4) is 0 Å². The zero-order valence-corrected chi connectivity index (χ0v) is 13.1. The first kappa shape index (κ1) is 16.9. The molecule has 1 aliphatic heterocycles. The molecule has 4 heteroatoms. The number of hydrogen-bond donors (Lipinski definition) is 2. The minimum atomic E-state index is 0.258. The summed E-state index contributed by atoms with van der Waals surface area (Å²) in [6.45, 7) is 12.6. The Morgan fingerprint density at radius 3 is 2.80 bits per heavy atom. The van der Waals surface area contributed by atoms with Crippen molar-refractivity contribution >= 4 is 5.78 Å². The van der Waals surface area contributed by atoms with Crippen molar-refractivity contribution in [2.24, 2.45) is 17.7 Å². The highest BCUT2D eigenvalue weighted by Gasteiger charge is 2.22. The Labute approximate surface area is 123 Å². The Balaban J connectivity index is 2.84. The van der Waals surface area contributed by atoms with E-state index in [4.69, 9.17) is 5.84 Å². The van der Waals surface area contributed by atoms with Gasteiger partial charge in [-0.1, -0.05) is 33.8 Å². The SMILES string of the molecule is C=C1/C(=C\N(N)CC(C)C)CNCC(=O)C[C@H]1CCC. The first-order valence-electron chi connectivity index (χ1n) is 7.57. The highest BCUT2D eigenvalue weighted by atomic mass is 16.1. The summed E-state index contributed by atoms with van der Waals surface area (Å²) in [4.78, 5) is 11.8. The van der Waals surface area contributed by atoms with Crippen LogP contribution in [0.2, 0.25) is 0 Å². The van der Waals surface area contributed by atoms with Crippen LogP contribution in [0.4, 0.5) is 0 Å². The number of hydrazine groups is 1. The lowest BCUT2D eigenvalue weighted by molar-refractivity contribution is -0.119. The fourth-order valence-electron chi connectivity index (χ4n) is 2.61. The van der Waals surface area contributed by atoms with Crippen molar-refractivity contribution < 1.29 is 4.79 Å². The molecule has 0 bridgehead atoms. The van der Waals surface area contributed by atoms with Crippen LogP contribution in [0.15, 0.2) is 23.9 Å². The number of carbonyl (C=O) groups excluding carboxylic acids is 1. The Morgan fingerprint density at radius 1 is 1.50 bits per heavy atom. The number of hydrogen-bond acceptors (Lipinski definition) is 4. The molecule has 0 aromatic heterocycles. The number of ketones is 1. The first-order chi connectivity index (χ1) is 9.43. The first-order valence-corrected chi connectivity index (χ1v) is 7.57. The third-order valence-electron chi connectivity index (χ3n) is 3.55. The summed E-state index contributed by atoms with van der Waals surface area (Å²) < 4.78 is 0. The maximum Gasteiger partial charge on any atom is 0.147 e. The summed E-state index contributed by atoms with van der Waals surface area (Å²) in [5.74, 6) is 7.07. The van der Waals surface area contributed by atoms with Crippen molar-refractivity contribution in [3.8, 4) is 0 Å². The van der Waals surface area contributed by atoms with Gasteiger partial charge in [-0.25, -0.2) is 5.84 Å². The lowest BCUT2D eigenvalue weighted by Gasteiger charge is -2.26. The van der Waals surface area contributed by atoms with Gasteiger partial charge < -0.3 is 10.3 Å². The zero-order chi connectivity index (χ0) is 15.1. The second-order valence-electron chi connectivity index (χ2n) is 6.10. The Morgan fingerprint density at radius 2 is 2.20 bits per heavy atom. The summed E-state index contributed by atoms with van der Waals surface area (Å²) in [5.41, 5.74) is 2.19. The largest absolute Gasteiger partial charge is 0.318 e. The molecule has 1 heterocycles. The number of Topliss-reactive ketones (excluding diaryl/α,β-unsaturated/α-hetero) is 1. The van der Waals surface area contributed by atoms with Crippen LogP contribution in [-0.2, 0) is 4.79 Å². The minimum absolute atomic E-state index is 0.258. The van der Waals surface area contributed by atoms with Crippen LogP contribution in [0.1, 0.15) is 40.0 Å². The molecular weight excluding hydrogens is 250 g/mol. The molecule has 0 spiro atoms. The molecule has 1 saturated heterocycles. The number of nitrogens with one attached hydrogen (secondary N) is 1. The van der Waals surface area contributed by atoms with Gasteiger partial charge in [0.1, 0.15) is 5.78 Å². The maximum absolute atomic E-state index is 11.8. The van der Waals surface area contributed by atoms with Gasteiger partial charge in [0.05, 0.1) is 6.54 Å². The van der Waals surface area contributed by atoms with Gasteiger partial charge in [0.25, 0.3) is 0 Å². The van der Waals surface area contributed by atoms with Crippen LogP contribution in [0, 0.1) is 11.8 Å². The van der Waals surface area contributed by atoms with Crippen molar-refractivity contribution in [2.75, 3.05) is 19.6 Å². The van der Waals surface area contributed by atoms with Gasteiger partial charge in [-0.2, -0.15) is 0 Å². The molecule has 1 rings (SSSR count). The molecule has 1 atom stereocenters. The molecule has 0 aliphatic carbocycles. The average Bonchev–Trinajstić information content (AvgIpc) is 2.34. The van der Waals surface area contributed by atoms with E-state index in [-0.39, 0.29) is 11.7 Å². The van der Waals surface area contributed by atoms with E-state index in [0.717, 1.165) is 30.5 Å². The van der Waals surface area contributed by atoms with E-state index in [1.54, 1.807) is 5.01 Å². The minimum Gasteiger partial charge on any atom is -0.318 e. The number of rotatable bonds is 5. The topological polar surface area (TPSA) is 58.4 Å². The highest BCUT2D eigenvalue weighted by Crippen LogP contribution is 2.27. The third-order valence-corrected chi connectivity index (χ3v) is 3.55. The summed E-state index contributed by atoms with van der Waals surface area (Å²) in [6.07, 6.45) is 4.65. The predicted octanol–water partition coefficient (Wildman–Crippen LogP) is 2.24. The molecule has 0 saturated carbocycles. The average molecular weight is 279 g/mol. The van der Waals surface area contributed by atoms with Crippen molar-refractivity contribution in [2.45, 2.75) is 40.0 Å². The Kier molecular flexibility index (Phi) is 6.96. The molecule has 114 valence electrons. The van der Waals surface area contributed by atoms with Gasteiger partial charge >= 0.3 is 0 Å². The lowest BCUT2D eigenvalue weighted by Crippen LogP contribution is -2.34. The van der Waals surface area contributed by atoms with Crippen LogP contribution in [0.5, 0.6) is 0 Å². The van der Waals surface area contributed by atoms with E-state index in [1.165, 1.54) is 0 Å². The van der Waals surface area contributed by atoms with Crippen molar-refractivity contribution in [1.82, 2.24) is 10.3 Å². The summed E-state index contributed by atoms with van der Waals surface area (Å²) in [7, 11) is 0. The third kappa shape index (κ3) is 5.47. The van der Waals surface area contributed by atoms with Gasteiger partial charge in [0.2, 0.25) is 0 Å². The normalized spacial score (nSPS) is 23.1. The van der Waals surface area contributed by atoms with Crippen LogP contribution in [-0.4, -0.2) is 30.4 Å². The lowest BCUT2D eigenvalue weighted by atomic mass is 9.85. The van der Waals surface area contributed by atoms with Crippen molar-refractivity contribution in [1.29, 1.82) is 0 Å². The van der Waals surface area contributed by atoms with E-state index in [0.29, 0.717) is 25.4 Å². The van der Waals surface area contributed by atoms with Gasteiger partial charge in [-0.15, -0.1) is 0 Å². The molecule has 20 heavy (non-hydrogen) atoms. The standard InChI is InChI=1S/C16H29N3O/c1-5-6-14-7-16(20)9-18-8-15(13(14)4)11-19(17)10-12(2)3/h11-12,14,18H,4-10,17H2,1-3H3/b15-11-/t14-/m1/s1. The van der Waals surface area contributed by atoms with E-state index in [1.807, 2.05) is 6.20 Å². The zero-order valence-electron chi connectivity index (χ0n) is 13.1. The molecule has 1 aliphatic rings. The van der Waals surface area contributed by atoms with Crippen molar-refractivity contribution in [3.05, 3.63) is 23.9 Å². The van der Waals surface area contributed by atoms with Crippen molar-refractivity contribution in [3.63, 3.8) is 0 Å². The quantitative estimate of drug-likeness (QED) is 0.598. The molecule has 0 amide bonds. The van der Waals surface area contributed by atoms with E-state index < -0.39 is 0 Å². The fourth-order valence-corrected chi connectivity index (χ4v) is 2.61. The second-order valence-corrected chi connectivity index (χ2v) is 6.10. The molecule has 4 nitrogen and oxygen atoms in total. The van der Waals surface area contributed by atoms with Crippen LogP contribution in [0.25, 0.3) is 0 Å².